The minimum Gasteiger partial charge on any atom is -0.368 e. The van der Waals surface area contributed by atoms with Crippen molar-refractivity contribution < 1.29 is 9.18 Å². The highest BCUT2D eigenvalue weighted by Crippen LogP contribution is 2.25. The van der Waals surface area contributed by atoms with Gasteiger partial charge >= 0.3 is 0 Å². The Balaban J connectivity index is 1.67. The predicted molar refractivity (Wildman–Crippen MR) is 90.7 cm³/mol. The maximum atomic E-state index is 13.0. The van der Waals surface area contributed by atoms with Gasteiger partial charge in [-0.05, 0) is 48.9 Å². The molecule has 3 nitrogen and oxygen atoms in total. The third-order valence-electron chi connectivity index (χ3n) is 4.17. The lowest BCUT2D eigenvalue weighted by molar-refractivity contribution is 0.0746. The fourth-order valence-electron chi connectivity index (χ4n) is 2.85. The molecule has 0 aromatic heterocycles. The van der Waals surface area contributed by atoms with Crippen molar-refractivity contribution >= 4 is 23.2 Å². The van der Waals surface area contributed by atoms with Crippen LogP contribution in [-0.2, 0) is 0 Å². The molecule has 1 heterocycles. The second-order valence-electron chi connectivity index (χ2n) is 5.72. The van der Waals surface area contributed by atoms with Gasteiger partial charge in [-0.1, -0.05) is 17.7 Å². The van der Waals surface area contributed by atoms with E-state index >= 15 is 0 Å². The van der Waals surface area contributed by atoms with Gasteiger partial charge in [-0.15, -0.1) is 0 Å². The molecule has 1 aliphatic rings. The Kier molecular flexibility index (Phi) is 4.53. The predicted octanol–water partition coefficient (Wildman–Crippen LogP) is 3.75. The van der Waals surface area contributed by atoms with E-state index in [0.717, 1.165) is 23.8 Å². The SMILES string of the molecule is Cc1ccc(Cl)cc1N1CCN(C(=O)c2ccc(F)cc2)CC1. The first-order chi connectivity index (χ1) is 11.0. The smallest absolute Gasteiger partial charge is 0.253 e. The van der Waals surface area contributed by atoms with E-state index < -0.39 is 0 Å². The normalized spacial score (nSPS) is 14.9. The summed E-state index contributed by atoms with van der Waals surface area (Å²) in [5.74, 6) is -0.379. The van der Waals surface area contributed by atoms with Crippen LogP contribution in [0.15, 0.2) is 42.5 Å². The van der Waals surface area contributed by atoms with Crippen molar-refractivity contribution in [3.63, 3.8) is 0 Å². The molecule has 0 atom stereocenters. The summed E-state index contributed by atoms with van der Waals surface area (Å²) in [5, 5.41) is 0.718. The number of hydrogen-bond acceptors (Lipinski definition) is 2. The van der Waals surface area contributed by atoms with Gasteiger partial charge in [0, 0.05) is 42.5 Å². The maximum Gasteiger partial charge on any atom is 0.253 e. The molecule has 5 heteroatoms. The molecule has 0 radical (unpaired) electrons. The molecule has 120 valence electrons. The van der Waals surface area contributed by atoms with Crippen LogP contribution in [0, 0.1) is 12.7 Å². The highest BCUT2D eigenvalue weighted by molar-refractivity contribution is 6.30. The monoisotopic (exact) mass is 332 g/mol. The lowest BCUT2D eigenvalue weighted by Crippen LogP contribution is -2.49. The Labute approximate surface area is 140 Å². The number of carbonyl (C=O) groups excluding carboxylic acids is 1. The molecule has 0 N–H and O–H groups in total. The van der Waals surface area contributed by atoms with Crippen LogP contribution >= 0.6 is 11.6 Å². The van der Waals surface area contributed by atoms with Crippen molar-refractivity contribution in [3.8, 4) is 0 Å². The van der Waals surface area contributed by atoms with E-state index in [2.05, 4.69) is 11.8 Å². The quantitative estimate of drug-likeness (QED) is 0.836. The zero-order valence-electron chi connectivity index (χ0n) is 12.9. The lowest BCUT2D eigenvalue weighted by Gasteiger charge is -2.37. The first kappa shape index (κ1) is 15.8. The second kappa shape index (κ2) is 6.59. The van der Waals surface area contributed by atoms with Crippen molar-refractivity contribution in [3.05, 3.63) is 64.4 Å². The van der Waals surface area contributed by atoms with Gasteiger partial charge in [0.25, 0.3) is 5.91 Å². The van der Waals surface area contributed by atoms with Gasteiger partial charge in [-0.2, -0.15) is 0 Å². The fourth-order valence-corrected chi connectivity index (χ4v) is 3.02. The van der Waals surface area contributed by atoms with Crippen LogP contribution in [0.2, 0.25) is 5.02 Å². The summed E-state index contributed by atoms with van der Waals surface area (Å²) in [4.78, 5) is 16.5. The standard InChI is InChI=1S/C18H18ClFN2O/c1-13-2-5-15(19)12-17(13)21-8-10-22(11-9-21)18(23)14-3-6-16(20)7-4-14/h2-7,12H,8-11H2,1H3. The minimum atomic E-state index is -0.331. The summed E-state index contributed by atoms with van der Waals surface area (Å²) in [5.41, 5.74) is 2.82. The van der Waals surface area contributed by atoms with E-state index in [9.17, 15) is 9.18 Å². The first-order valence-electron chi connectivity index (χ1n) is 7.60. The van der Waals surface area contributed by atoms with E-state index in [1.807, 2.05) is 23.1 Å². The Morgan fingerprint density at radius 1 is 1.04 bits per heavy atom. The molecule has 0 spiro atoms. The number of hydrogen-bond donors (Lipinski definition) is 0. The number of carbonyl (C=O) groups is 1. The number of aryl methyl sites for hydroxylation is 1. The second-order valence-corrected chi connectivity index (χ2v) is 6.15. The van der Waals surface area contributed by atoms with Gasteiger partial charge < -0.3 is 9.80 Å². The number of nitrogens with zero attached hydrogens (tertiary/aromatic N) is 2. The van der Waals surface area contributed by atoms with Crippen LogP contribution in [0.25, 0.3) is 0 Å². The molecule has 1 fully saturated rings. The van der Waals surface area contributed by atoms with Crippen LogP contribution in [0.3, 0.4) is 0 Å². The van der Waals surface area contributed by atoms with Crippen molar-refractivity contribution in [1.82, 2.24) is 4.90 Å². The average Bonchev–Trinajstić information content (AvgIpc) is 2.57. The third kappa shape index (κ3) is 3.48. The number of rotatable bonds is 2. The minimum absolute atomic E-state index is 0.0486. The highest BCUT2D eigenvalue weighted by Gasteiger charge is 2.23. The zero-order chi connectivity index (χ0) is 16.4. The molecule has 1 saturated heterocycles. The Bertz CT molecular complexity index is 709. The topological polar surface area (TPSA) is 23.6 Å². The van der Waals surface area contributed by atoms with Crippen LogP contribution in [-0.4, -0.2) is 37.0 Å². The van der Waals surface area contributed by atoms with E-state index in [-0.39, 0.29) is 11.7 Å². The van der Waals surface area contributed by atoms with Gasteiger partial charge in [0.2, 0.25) is 0 Å². The molecule has 0 aliphatic carbocycles. The van der Waals surface area contributed by atoms with Crippen LogP contribution in [0.4, 0.5) is 10.1 Å². The maximum absolute atomic E-state index is 13.0. The Hall–Kier alpha value is -2.07. The number of benzene rings is 2. The van der Waals surface area contributed by atoms with E-state index in [0.29, 0.717) is 18.7 Å². The Morgan fingerprint density at radius 2 is 1.70 bits per heavy atom. The van der Waals surface area contributed by atoms with Gasteiger partial charge in [-0.25, -0.2) is 4.39 Å². The summed E-state index contributed by atoms with van der Waals surface area (Å²) >= 11 is 6.09. The fraction of sp³-hybridized carbons (Fsp3) is 0.278. The molecule has 2 aromatic carbocycles. The molecule has 1 amide bonds. The van der Waals surface area contributed by atoms with Crippen LogP contribution < -0.4 is 4.90 Å². The summed E-state index contributed by atoms with van der Waals surface area (Å²) < 4.78 is 13.0. The van der Waals surface area contributed by atoms with E-state index in [4.69, 9.17) is 11.6 Å². The highest BCUT2D eigenvalue weighted by atomic mass is 35.5. The van der Waals surface area contributed by atoms with Crippen molar-refractivity contribution in [2.24, 2.45) is 0 Å². The van der Waals surface area contributed by atoms with Gasteiger partial charge in [0.05, 0.1) is 0 Å². The average molecular weight is 333 g/mol. The van der Waals surface area contributed by atoms with E-state index in [1.54, 1.807) is 0 Å². The van der Waals surface area contributed by atoms with Gasteiger partial charge in [0.15, 0.2) is 0 Å². The molecule has 23 heavy (non-hydrogen) atoms. The van der Waals surface area contributed by atoms with Crippen molar-refractivity contribution in [2.75, 3.05) is 31.1 Å². The number of amides is 1. The number of halogens is 2. The van der Waals surface area contributed by atoms with Crippen LogP contribution in [0.1, 0.15) is 15.9 Å². The largest absolute Gasteiger partial charge is 0.368 e. The number of piperazine rings is 1. The van der Waals surface area contributed by atoms with Crippen molar-refractivity contribution in [2.45, 2.75) is 6.92 Å². The van der Waals surface area contributed by atoms with Gasteiger partial charge in [-0.3, -0.25) is 4.79 Å². The summed E-state index contributed by atoms with van der Waals surface area (Å²) in [7, 11) is 0. The molecule has 0 bridgehead atoms. The molecule has 2 aromatic rings. The lowest BCUT2D eigenvalue weighted by atomic mass is 10.1. The molecule has 0 saturated carbocycles. The summed E-state index contributed by atoms with van der Waals surface area (Å²) in [6.45, 7) is 4.86. The van der Waals surface area contributed by atoms with Crippen LogP contribution in [0.5, 0.6) is 0 Å². The molecule has 3 rings (SSSR count). The molecular weight excluding hydrogens is 315 g/mol. The third-order valence-corrected chi connectivity index (χ3v) is 4.41. The molecule has 1 aliphatic heterocycles. The van der Waals surface area contributed by atoms with E-state index in [1.165, 1.54) is 29.8 Å². The first-order valence-corrected chi connectivity index (χ1v) is 7.98. The Morgan fingerprint density at radius 3 is 2.35 bits per heavy atom. The molecule has 0 unspecified atom stereocenters. The summed E-state index contributed by atoms with van der Waals surface area (Å²) in [6.07, 6.45) is 0. The molecular formula is C18H18ClFN2O. The van der Waals surface area contributed by atoms with Gasteiger partial charge in [0.1, 0.15) is 5.82 Å². The number of anilines is 1. The zero-order valence-corrected chi connectivity index (χ0v) is 13.7. The summed E-state index contributed by atoms with van der Waals surface area (Å²) in [6, 6.07) is 11.6. The van der Waals surface area contributed by atoms with Crippen molar-refractivity contribution in [1.29, 1.82) is 0 Å².